The van der Waals surface area contributed by atoms with Crippen LogP contribution in [0.3, 0.4) is 0 Å². The molecule has 0 aliphatic rings. The fourth-order valence-corrected chi connectivity index (χ4v) is 1.67. The molecule has 2 aromatic rings. The summed E-state index contributed by atoms with van der Waals surface area (Å²) < 4.78 is 1.38. The van der Waals surface area contributed by atoms with Crippen molar-refractivity contribution in [3.8, 4) is 11.5 Å². The molecule has 0 unspecified atom stereocenters. The van der Waals surface area contributed by atoms with Crippen molar-refractivity contribution in [3.63, 3.8) is 0 Å². The van der Waals surface area contributed by atoms with Crippen molar-refractivity contribution in [2.24, 2.45) is 12.8 Å². The number of primary amides is 1. The van der Waals surface area contributed by atoms with E-state index in [0.29, 0.717) is 17.9 Å². The fraction of sp³-hybridized carbons (Fsp3) is 0.167. The Balaban J connectivity index is 2.10. The number of anilines is 1. The molecule has 100 valence electrons. The van der Waals surface area contributed by atoms with Crippen LogP contribution in [0.1, 0.15) is 16.1 Å². The molecule has 0 saturated heterocycles. The Morgan fingerprint density at radius 3 is 2.74 bits per heavy atom. The lowest BCUT2D eigenvalue weighted by Gasteiger charge is -2.05. The number of phenols is 2. The number of hydrogen-bond donors (Lipinski definition) is 4. The van der Waals surface area contributed by atoms with Crippen molar-refractivity contribution < 1.29 is 15.0 Å². The van der Waals surface area contributed by atoms with E-state index in [-0.39, 0.29) is 17.2 Å². The lowest BCUT2D eigenvalue weighted by molar-refractivity contribution is 0.0991. The van der Waals surface area contributed by atoms with Gasteiger partial charge in [-0.05, 0) is 12.1 Å². The third-order valence-corrected chi connectivity index (χ3v) is 2.66. The van der Waals surface area contributed by atoms with Gasteiger partial charge in [-0.1, -0.05) is 0 Å². The summed E-state index contributed by atoms with van der Waals surface area (Å²) in [5, 5.41) is 25.8. The smallest absolute Gasteiger partial charge is 0.267 e. The van der Waals surface area contributed by atoms with Gasteiger partial charge in [-0.3, -0.25) is 9.48 Å². The van der Waals surface area contributed by atoms with Crippen molar-refractivity contribution >= 4 is 11.7 Å². The number of carbonyl (C=O) groups excluding carboxylic acids is 1. The van der Waals surface area contributed by atoms with Gasteiger partial charge in [-0.25, -0.2) is 0 Å². The Morgan fingerprint density at radius 1 is 1.42 bits per heavy atom. The third-order valence-electron chi connectivity index (χ3n) is 2.66. The van der Waals surface area contributed by atoms with Crippen LogP contribution in [-0.4, -0.2) is 25.9 Å². The van der Waals surface area contributed by atoms with Gasteiger partial charge in [-0.15, -0.1) is 0 Å². The number of phenolic OH excluding ortho intramolecular Hbond substituents is 2. The second-order valence-electron chi connectivity index (χ2n) is 4.07. The third kappa shape index (κ3) is 2.76. The molecule has 2 rings (SSSR count). The topological polar surface area (TPSA) is 113 Å². The first kappa shape index (κ1) is 12.7. The summed E-state index contributed by atoms with van der Waals surface area (Å²) in [4.78, 5) is 11.1. The van der Waals surface area contributed by atoms with Gasteiger partial charge in [0, 0.05) is 31.3 Å². The first-order valence-corrected chi connectivity index (χ1v) is 5.56. The Kier molecular flexibility index (Phi) is 3.28. The van der Waals surface area contributed by atoms with Gasteiger partial charge in [0.25, 0.3) is 5.91 Å². The molecule has 0 radical (unpaired) electrons. The van der Waals surface area contributed by atoms with E-state index >= 15 is 0 Å². The number of nitrogens with zero attached hydrogens (tertiary/aromatic N) is 2. The molecule has 0 spiro atoms. The van der Waals surface area contributed by atoms with Crippen LogP contribution >= 0.6 is 0 Å². The Labute approximate surface area is 109 Å². The molecule has 0 aliphatic carbocycles. The molecule has 19 heavy (non-hydrogen) atoms. The van der Waals surface area contributed by atoms with Crippen molar-refractivity contribution in [1.29, 1.82) is 0 Å². The lowest BCUT2D eigenvalue weighted by atomic mass is 10.2. The number of rotatable bonds is 4. The minimum atomic E-state index is -0.560. The molecule has 0 atom stereocenters. The number of aromatic nitrogens is 2. The highest BCUT2D eigenvalue weighted by Crippen LogP contribution is 2.23. The predicted molar refractivity (Wildman–Crippen MR) is 68.8 cm³/mol. The zero-order chi connectivity index (χ0) is 14.0. The van der Waals surface area contributed by atoms with Gasteiger partial charge in [0.1, 0.15) is 23.0 Å². The highest BCUT2D eigenvalue weighted by atomic mass is 16.3. The van der Waals surface area contributed by atoms with E-state index in [1.54, 1.807) is 13.1 Å². The SMILES string of the molecule is Cn1nc(NCc2ccc(O)cc2O)cc1C(N)=O. The Hall–Kier alpha value is -2.70. The van der Waals surface area contributed by atoms with Gasteiger partial charge in [0.2, 0.25) is 0 Å². The van der Waals surface area contributed by atoms with Crippen LogP contribution in [-0.2, 0) is 13.6 Å². The van der Waals surface area contributed by atoms with E-state index in [1.165, 1.54) is 22.9 Å². The number of aryl methyl sites for hydroxylation is 1. The molecule has 1 aromatic heterocycles. The van der Waals surface area contributed by atoms with Crippen LogP contribution in [0.5, 0.6) is 11.5 Å². The Morgan fingerprint density at radius 2 is 2.16 bits per heavy atom. The van der Waals surface area contributed by atoms with E-state index in [4.69, 9.17) is 5.73 Å². The standard InChI is InChI=1S/C12H14N4O3/c1-16-9(12(13)19)5-11(15-16)14-6-7-2-3-8(17)4-10(7)18/h2-5,17-18H,6H2,1H3,(H2,13,19)(H,14,15). The van der Waals surface area contributed by atoms with Gasteiger partial charge in [0.15, 0.2) is 0 Å². The van der Waals surface area contributed by atoms with Gasteiger partial charge >= 0.3 is 0 Å². The van der Waals surface area contributed by atoms with Crippen LogP contribution in [0.15, 0.2) is 24.3 Å². The molecular weight excluding hydrogens is 248 g/mol. The van der Waals surface area contributed by atoms with E-state index < -0.39 is 5.91 Å². The van der Waals surface area contributed by atoms with Crippen molar-refractivity contribution in [1.82, 2.24) is 9.78 Å². The second kappa shape index (κ2) is 4.89. The van der Waals surface area contributed by atoms with E-state index in [1.807, 2.05) is 0 Å². The number of benzene rings is 1. The van der Waals surface area contributed by atoms with Crippen molar-refractivity contribution in [2.45, 2.75) is 6.54 Å². The molecule has 1 heterocycles. The zero-order valence-electron chi connectivity index (χ0n) is 10.3. The maximum atomic E-state index is 11.1. The number of hydrogen-bond acceptors (Lipinski definition) is 5. The Bertz CT molecular complexity index is 621. The van der Waals surface area contributed by atoms with Gasteiger partial charge in [-0.2, -0.15) is 5.10 Å². The van der Waals surface area contributed by atoms with Gasteiger partial charge in [0.05, 0.1) is 0 Å². The summed E-state index contributed by atoms with van der Waals surface area (Å²) in [6, 6.07) is 5.85. The minimum Gasteiger partial charge on any atom is -0.508 e. The fourth-order valence-electron chi connectivity index (χ4n) is 1.67. The molecular formula is C12H14N4O3. The summed E-state index contributed by atoms with van der Waals surface area (Å²) in [6.07, 6.45) is 0. The van der Waals surface area contributed by atoms with E-state index in [0.717, 1.165) is 0 Å². The molecule has 1 amide bonds. The van der Waals surface area contributed by atoms with E-state index in [9.17, 15) is 15.0 Å². The predicted octanol–water partition coefficient (Wildman–Crippen LogP) is 0.542. The van der Waals surface area contributed by atoms with Crippen LogP contribution in [0.4, 0.5) is 5.82 Å². The number of nitrogens with one attached hydrogen (secondary N) is 1. The quantitative estimate of drug-likeness (QED) is 0.642. The molecule has 1 aromatic carbocycles. The largest absolute Gasteiger partial charge is 0.508 e. The molecule has 0 bridgehead atoms. The average molecular weight is 262 g/mol. The first-order chi connectivity index (χ1) is 8.97. The first-order valence-electron chi connectivity index (χ1n) is 5.56. The molecule has 0 saturated carbocycles. The van der Waals surface area contributed by atoms with Crippen LogP contribution in [0, 0.1) is 0 Å². The maximum Gasteiger partial charge on any atom is 0.267 e. The normalized spacial score (nSPS) is 10.4. The van der Waals surface area contributed by atoms with Crippen molar-refractivity contribution in [2.75, 3.05) is 5.32 Å². The highest BCUT2D eigenvalue weighted by molar-refractivity contribution is 5.91. The molecule has 0 aliphatic heterocycles. The van der Waals surface area contributed by atoms with Crippen LogP contribution < -0.4 is 11.1 Å². The lowest BCUT2D eigenvalue weighted by Crippen LogP contribution is -2.15. The second-order valence-corrected chi connectivity index (χ2v) is 4.07. The monoisotopic (exact) mass is 262 g/mol. The highest BCUT2D eigenvalue weighted by Gasteiger charge is 2.10. The summed E-state index contributed by atoms with van der Waals surface area (Å²) in [7, 11) is 1.61. The molecule has 7 heteroatoms. The van der Waals surface area contributed by atoms with Crippen molar-refractivity contribution in [3.05, 3.63) is 35.5 Å². The van der Waals surface area contributed by atoms with E-state index in [2.05, 4.69) is 10.4 Å². The maximum absolute atomic E-state index is 11.1. The molecule has 0 fully saturated rings. The summed E-state index contributed by atoms with van der Waals surface area (Å²) in [6.45, 7) is 0.307. The zero-order valence-corrected chi connectivity index (χ0v) is 10.3. The van der Waals surface area contributed by atoms with Gasteiger partial charge < -0.3 is 21.3 Å². The minimum absolute atomic E-state index is 0.00454. The van der Waals surface area contributed by atoms with Crippen LogP contribution in [0.2, 0.25) is 0 Å². The van der Waals surface area contributed by atoms with Crippen LogP contribution in [0.25, 0.3) is 0 Å². The summed E-state index contributed by atoms with van der Waals surface area (Å²) >= 11 is 0. The summed E-state index contributed by atoms with van der Waals surface area (Å²) in [5.41, 5.74) is 6.07. The average Bonchev–Trinajstić information content (AvgIpc) is 2.69. The number of amides is 1. The summed E-state index contributed by atoms with van der Waals surface area (Å²) in [5.74, 6) is -0.104. The number of aromatic hydroxyl groups is 2. The number of nitrogens with two attached hydrogens (primary N) is 1. The molecule has 7 nitrogen and oxygen atoms in total. The number of carbonyl (C=O) groups is 1. The molecule has 5 N–H and O–H groups in total.